The molecule has 1 saturated heterocycles. The third kappa shape index (κ3) is 2.60. The Hall–Kier alpha value is -1.50. The molecule has 1 aromatic rings. The average Bonchev–Trinajstić information content (AvgIpc) is 2.78. The van der Waals surface area contributed by atoms with E-state index in [-0.39, 0.29) is 18.1 Å². The highest BCUT2D eigenvalue weighted by molar-refractivity contribution is 7.91. The molecule has 92 valence electrons. The zero-order valence-corrected chi connectivity index (χ0v) is 10.2. The van der Waals surface area contributed by atoms with Crippen molar-refractivity contribution in [2.24, 2.45) is 0 Å². The SMILES string of the molecule is CS(=O)(=O)C1CCN(C(=O)c2cnccn2)C1. The number of hydrogen-bond acceptors (Lipinski definition) is 5. The van der Waals surface area contributed by atoms with Crippen LogP contribution < -0.4 is 0 Å². The van der Waals surface area contributed by atoms with Gasteiger partial charge in [0.1, 0.15) is 5.69 Å². The van der Waals surface area contributed by atoms with E-state index in [1.54, 1.807) is 0 Å². The van der Waals surface area contributed by atoms with Crippen LogP contribution in [0, 0.1) is 0 Å². The zero-order valence-electron chi connectivity index (χ0n) is 9.41. The third-order valence-electron chi connectivity index (χ3n) is 2.82. The topological polar surface area (TPSA) is 80.2 Å². The van der Waals surface area contributed by atoms with Crippen LogP contribution in [0.1, 0.15) is 16.9 Å². The fourth-order valence-electron chi connectivity index (χ4n) is 1.83. The lowest BCUT2D eigenvalue weighted by Crippen LogP contribution is -2.32. The molecule has 6 nitrogen and oxygen atoms in total. The number of rotatable bonds is 2. The lowest BCUT2D eigenvalue weighted by molar-refractivity contribution is 0.0787. The van der Waals surface area contributed by atoms with Crippen LogP contribution in [-0.4, -0.2) is 53.8 Å². The molecule has 1 amide bonds. The molecule has 2 rings (SSSR count). The van der Waals surface area contributed by atoms with Gasteiger partial charge in [-0.3, -0.25) is 9.78 Å². The Morgan fingerprint density at radius 3 is 2.76 bits per heavy atom. The quantitative estimate of drug-likeness (QED) is 0.727. The molecule has 0 N–H and O–H groups in total. The minimum atomic E-state index is -3.08. The molecule has 0 aliphatic carbocycles. The van der Waals surface area contributed by atoms with Crippen molar-refractivity contribution in [2.75, 3.05) is 19.3 Å². The van der Waals surface area contributed by atoms with Gasteiger partial charge in [0.25, 0.3) is 5.91 Å². The molecular formula is C10H13N3O3S. The minimum absolute atomic E-state index is 0.244. The molecule has 7 heteroatoms. The second-order valence-electron chi connectivity index (χ2n) is 4.08. The number of carbonyl (C=O) groups excluding carboxylic acids is 1. The maximum Gasteiger partial charge on any atom is 0.274 e. The summed E-state index contributed by atoms with van der Waals surface area (Å²) in [6.45, 7) is 0.696. The average molecular weight is 255 g/mol. The van der Waals surface area contributed by atoms with Gasteiger partial charge in [0.15, 0.2) is 9.84 Å². The molecule has 0 saturated carbocycles. The Kier molecular flexibility index (Phi) is 3.10. The smallest absolute Gasteiger partial charge is 0.274 e. The number of carbonyl (C=O) groups is 1. The molecule has 1 aliphatic heterocycles. The number of sulfone groups is 1. The summed E-state index contributed by atoms with van der Waals surface area (Å²) in [6, 6.07) is 0. The number of hydrogen-bond donors (Lipinski definition) is 0. The van der Waals surface area contributed by atoms with Crippen LogP contribution in [0.15, 0.2) is 18.6 Å². The predicted molar refractivity (Wildman–Crippen MR) is 61.2 cm³/mol. The van der Waals surface area contributed by atoms with Gasteiger partial charge >= 0.3 is 0 Å². The van der Waals surface area contributed by atoms with Crippen LogP contribution in [0.5, 0.6) is 0 Å². The first kappa shape index (κ1) is 12.0. The van der Waals surface area contributed by atoms with E-state index in [0.717, 1.165) is 0 Å². The molecule has 2 heterocycles. The highest BCUT2D eigenvalue weighted by Crippen LogP contribution is 2.17. The first-order valence-corrected chi connectivity index (χ1v) is 7.18. The fraction of sp³-hybridized carbons (Fsp3) is 0.500. The van der Waals surface area contributed by atoms with Gasteiger partial charge in [-0.2, -0.15) is 0 Å². The number of amides is 1. The molecule has 0 bridgehead atoms. The normalized spacial score (nSPS) is 20.5. The van der Waals surface area contributed by atoms with Crippen molar-refractivity contribution in [1.82, 2.24) is 14.9 Å². The summed E-state index contributed by atoms with van der Waals surface area (Å²) in [4.78, 5) is 21.2. The third-order valence-corrected chi connectivity index (χ3v) is 4.42. The molecule has 0 radical (unpaired) electrons. The molecule has 0 aromatic carbocycles. The van der Waals surface area contributed by atoms with Gasteiger partial charge in [0.05, 0.1) is 11.4 Å². The lowest BCUT2D eigenvalue weighted by Gasteiger charge is -2.15. The van der Waals surface area contributed by atoms with E-state index in [1.807, 2.05) is 0 Å². The maximum atomic E-state index is 11.9. The first-order valence-electron chi connectivity index (χ1n) is 5.22. The second kappa shape index (κ2) is 4.40. The summed E-state index contributed by atoms with van der Waals surface area (Å²) < 4.78 is 22.7. The Bertz CT molecular complexity index is 515. The van der Waals surface area contributed by atoms with E-state index in [1.165, 1.54) is 29.7 Å². The van der Waals surface area contributed by atoms with E-state index in [9.17, 15) is 13.2 Å². The molecule has 1 atom stereocenters. The number of nitrogens with zero attached hydrogens (tertiary/aromatic N) is 3. The molecule has 0 spiro atoms. The van der Waals surface area contributed by atoms with Crippen LogP contribution in [-0.2, 0) is 9.84 Å². The van der Waals surface area contributed by atoms with Gasteiger partial charge in [-0.15, -0.1) is 0 Å². The summed E-state index contributed by atoms with van der Waals surface area (Å²) in [6.07, 6.45) is 6.01. The van der Waals surface area contributed by atoms with Gasteiger partial charge in [0.2, 0.25) is 0 Å². The predicted octanol–water partition coefficient (Wildman–Crippen LogP) is -0.264. The summed E-state index contributed by atoms with van der Waals surface area (Å²) >= 11 is 0. The lowest BCUT2D eigenvalue weighted by atomic mass is 10.4. The molecule has 1 aromatic heterocycles. The highest BCUT2D eigenvalue weighted by Gasteiger charge is 2.33. The highest BCUT2D eigenvalue weighted by atomic mass is 32.2. The van der Waals surface area contributed by atoms with E-state index < -0.39 is 15.1 Å². The van der Waals surface area contributed by atoms with Crippen LogP contribution >= 0.6 is 0 Å². The molecule has 1 unspecified atom stereocenters. The Morgan fingerprint density at radius 2 is 2.24 bits per heavy atom. The molecule has 1 aliphatic rings. The van der Waals surface area contributed by atoms with Crippen molar-refractivity contribution in [3.63, 3.8) is 0 Å². The second-order valence-corrected chi connectivity index (χ2v) is 6.41. The van der Waals surface area contributed by atoms with Gasteiger partial charge in [-0.05, 0) is 6.42 Å². The van der Waals surface area contributed by atoms with Crippen LogP contribution in [0.2, 0.25) is 0 Å². The maximum absolute atomic E-state index is 11.9. The van der Waals surface area contributed by atoms with Crippen molar-refractivity contribution in [3.8, 4) is 0 Å². The van der Waals surface area contributed by atoms with Crippen molar-refractivity contribution in [3.05, 3.63) is 24.3 Å². The monoisotopic (exact) mass is 255 g/mol. The number of aromatic nitrogens is 2. The van der Waals surface area contributed by atoms with Crippen molar-refractivity contribution in [2.45, 2.75) is 11.7 Å². The zero-order chi connectivity index (χ0) is 12.5. The Labute approximate surface area is 99.6 Å². The summed E-state index contributed by atoms with van der Waals surface area (Å²) in [5.41, 5.74) is 0.252. The van der Waals surface area contributed by atoms with E-state index in [0.29, 0.717) is 13.0 Å². The van der Waals surface area contributed by atoms with Gasteiger partial charge < -0.3 is 4.90 Å². The van der Waals surface area contributed by atoms with E-state index in [4.69, 9.17) is 0 Å². The molecule has 1 fully saturated rings. The molecular weight excluding hydrogens is 242 g/mol. The summed E-state index contributed by atoms with van der Waals surface area (Å²) in [5, 5.41) is -0.455. The fourth-order valence-corrected chi connectivity index (χ4v) is 2.82. The largest absolute Gasteiger partial charge is 0.336 e. The summed E-state index contributed by atoms with van der Waals surface area (Å²) in [7, 11) is -3.08. The van der Waals surface area contributed by atoms with Gasteiger partial charge in [-0.1, -0.05) is 0 Å². The Morgan fingerprint density at radius 1 is 1.47 bits per heavy atom. The van der Waals surface area contributed by atoms with Gasteiger partial charge in [-0.25, -0.2) is 13.4 Å². The minimum Gasteiger partial charge on any atom is -0.336 e. The molecule has 17 heavy (non-hydrogen) atoms. The first-order chi connectivity index (χ1) is 7.98. The van der Waals surface area contributed by atoms with Crippen LogP contribution in [0.4, 0.5) is 0 Å². The van der Waals surface area contributed by atoms with E-state index >= 15 is 0 Å². The number of likely N-dealkylation sites (tertiary alicyclic amines) is 1. The standard InChI is InChI=1S/C10H13N3O3S/c1-17(15,16)8-2-5-13(7-8)10(14)9-6-11-3-4-12-9/h3-4,6,8H,2,5,7H2,1H3. The van der Waals surface area contributed by atoms with Crippen LogP contribution in [0.25, 0.3) is 0 Å². The van der Waals surface area contributed by atoms with Crippen molar-refractivity contribution < 1.29 is 13.2 Å². The van der Waals surface area contributed by atoms with Crippen LogP contribution in [0.3, 0.4) is 0 Å². The Balaban J connectivity index is 2.10. The summed E-state index contributed by atoms with van der Waals surface area (Å²) in [5.74, 6) is -0.260. The van der Waals surface area contributed by atoms with Gasteiger partial charge in [0, 0.05) is 31.7 Å². The van der Waals surface area contributed by atoms with Crippen molar-refractivity contribution in [1.29, 1.82) is 0 Å². The van der Waals surface area contributed by atoms with Crippen molar-refractivity contribution >= 4 is 15.7 Å². The van der Waals surface area contributed by atoms with E-state index in [2.05, 4.69) is 9.97 Å².